The lowest BCUT2D eigenvalue weighted by molar-refractivity contribution is -0.167. The Kier molecular flexibility index (Phi) is 56.1. The summed E-state index contributed by atoms with van der Waals surface area (Å²) in [4.78, 5) is 38.2. The van der Waals surface area contributed by atoms with Crippen molar-refractivity contribution in [1.82, 2.24) is 0 Å². The van der Waals surface area contributed by atoms with Crippen LogP contribution in [-0.2, 0) is 28.6 Å². The first kappa shape index (κ1) is 68.8. The summed E-state index contributed by atoms with van der Waals surface area (Å²) in [6, 6.07) is 0. The lowest BCUT2D eigenvalue weighted by atomic mass is 10.1. The fraction of sp³-hybridized carbons (Fsp3) is 0.544. The highest BCUT2D eigenvalue weighted by atomic mass is 16.6. The summed E-state index contributed by atoms with van der Waals surface area (Å²) in [7, 11) is 0. The third kappa shape index (κ3) is 57.7. The van der Waals surface area contributed by atoms with Gasteiger partial charge in [0.15, 0.2) is 6.10 Å². The Labute approximate surface area is 453 Å². The van der Waals surface area contributed by atoms with Crippen molar-refractivity contribution >= 4 is 17.9 Å². The van der Waals surface area contributed by atoms with Gasteiger partial charge in [-0.3, -0.25) is 14.4 Å². The topological polar surface area (TPSA) is 78.9 Å². The average molecular weight is 1020 g/mol. The summed E-state index contributed by atoms with van der Waals surface area (Å²) in [5.41, 5.74) is 0. The summed E-state index contributed by atoms with van der Waals surface area (Å²) in [6.07, 6.45) is 89.2. The van der Waals surface area contributed by atoms with Gasteiger partial charge in [-0.1, -0.05) is 229 Å². The highest BCUT2D eigenvalue weighted by molar-refractivity contribution is 5.71. The molecule has 0 bridgehead atoms. The Bertz CT molecular complexity index is 1740. The molecule has 0 aliphatic heterocycles. The molecule has 0 radical (unpaired) electrons. The maximum absolute atomic E-state index is 12.8. The van der Waals surface area contributed by atoms with Crippen molar-refractivity contribution in [2.45, 2.75) is 226 Å². The van der Waals surface area contributed by atoms with Crippen LogP contribution in [0.2, 0.25) is 0 Å². The minimum absolute atomic E-state index is 0.135. The first-order valence-corrected chi connectivity index (χ1v) is 29.1. The predicted octanol–water partition coefficient (Wildman–Crippen LogP) is 19.9. The Hall–Kier alpha value is -5.23. The van der Waals surface area contributed by atoms with E-state index in [0.717, 1.165) is 135 Å². The van der Waals surface area contributed by atoms with E-state index in [1.165, 1.54) is 32.1 Å². The zero-order valence-corrected chi connectivity index (χ0v) is 47.0. The van der Waals surface area contributed by atoms with Crippen molar-refractivity contribution in [2.75, 3.05) is 13.2 Å². The Morgan fingerprint density at radius 1 is 0.284 bits per heavy atom. The number of allylic oxidation sites excluding steroid dienone is 28. The summed E-state index contributed by atoms with van der Waals surface area (Å²) in [6.45, 7) is 6.27. The molecular formula is C68H104O6. The minimum Gasteiger partial charge on any atom is -0.462 e. The average Bonchev–Trinajstić information content (AvgIpc) is 3.40. The van der Waals surface area contributed by atoms with E-state index < -0.39 is 12.1 Å². The van der Waals surface area contributed by atoms with Crippen molar-refractivity contribution in [3.8, 4) is 0 Å². The van der Waals surface area contributed by atoms with Crippen LogP contribution in [0.5, 0.6) is 0 Å². The molecule has 0 N–H and O–H groups in total. The summed E-state index contributed by atoms with van der Waals surface area (Å²) in [5, 5.41) is 0. The SMILES string of the molecule is CC/C=C\C/C=C\C/C=C\C/C=C\C/C=C\C/C=C\C/C=C\CCCC(=O)OCC(COC(=O)CCCCCCC/C=C\C/C=C\CCCCCC)OC(=O)CCC/C=C\C/C=C\C/C=C\C/C=C\C/C=C\CC. The van der Waals surface area contributed by atoms with E-state index in [1.807, 2.05) is 0 Å². The molecule has 0 aliphatic rings. The summed E-state index contributed by atoms with van der Waals surface area (Å²) < 4.78 is 16.8. The van der Waals surface area contributed by atoms with Crippen molar-refractivity contribution in [1.29, 1.82) is 0 Å². The Morgan fingerprint density at radius 2 is 0.541 bits per heavy atom. The van der Waals surface area contributed by atoms with E-state index in [9.17, 15) is 14.4 Å². The molecule has 0 rings (SSSR count). The number of hydrogen-bond donors (Lipinski definition) is 0. The van der Waals surface area contributed by atoms with Crippen LogP contribution in [-0.4, -0.2) is 37.2 Å². The van der Waals surface area contributed by atoms with Crippen molar-refractivity contribution in [3.05, 3.63) is 170 Å². The number of hydrogen-bond acceptors (Lipinski definition) is 6. The van der Waals surface area contributed by atoms with Gasteiger partial charge in [-0.15, -0.1) is 0 Å². The van der Waals surface area contributed by atoms with E-state index >= 15 is 0 Å². The van der Waals surface area contributed by atoms with Gasteiger partial charge in [-0.25, -0.2) is 0 Å². The molecule has 0 aromatic carbocycles. The van der Waals surface area contributed by atoms with Gasteiger partial charge in [0.25, 0.3) is 0 Å². The van der Waals surface area contributed by atoms with Crippen LogP contribution in [0.25, 0.3) is 0 Å². The van der Waals surface area contributed by atoms with Crippen molar-refractivity contribution in [2.24, 2.45) is 0 Å². The molecule has 0 spiro atoms. The maximum Gasteiger partial charge on any atom is 0.306 e. The van der Waals surface area contributed by atoms with Crippen LogP contribution < -0.4 is 0 Å². The van der Waals surface area contributed by atoms with Crippen LogP contribution in [0.3, 0.4) is 0 Å². The number of unbranched alkanes of at least 4 members (excludes halogenated alkanes) is 11. The molecule has 0 amide bonds. The third-order valence-electron chi connectivity index (χ3n) is 11.4. The normalized spacial score (nSPS) is 13.4. The number of carbonyl (C=O) groups excluding carboxylic acids is 3. The molecule has 0 aliphatic carbocycles. The molecule has 1 unspecified atom stereocenters. The molecule has 6 nitrogen and oxygen atoms in total. The van der Waals surface area contributed by atoms with Crippen LogP contribution in [0.1, 0.15) is 220 Å². The van der Waals surface area contributed by atoms with Gasteiger partial charge >= 0.3 is 17.9 Å². The molecule has 6 heteroatoms. The van der Waals surface area contributed by atoms with Crippen molar-refractivity contribution in [3.63, 3.8) is 0 Å². The summed E-state index contributed by atoms with van der Waals surface area (Å²) >= 11 is 0. The van der Waals surface area contributed by atoms with Crippen LogP contribution in [0, 0.1) is 0 Å². The second-order valence-electron chi connectivity index (χ2n) is 18.4. The first-order chi connectivity index (χ1) is 36.5. The van der Waals surface area contributed by atoms with Gasteiger partial charge in [-0.05, 0) is 141 Å². The lowest BCUT2D eigenvalue weighted by Gasteiger charge is -2.18. The largest absolute Gasteiger partial charge is 0.462 e. The Balaban J connectivity index is 4.62. The van der Waals surface area contributed by atoms with E-state index in [0.29, 0.717) is 19.3 Å². The molecule has 0 heterocycles. The monoisotopic (exact) mass is 1020 g/mol. The smallest absolute Gasteiger partial charge is 0.306 e. The van der Waals surface area contributed by atoms with E-state index in [2.05, 4.69) is 191 Å². The molecule has 0 saturated heterocycles. The lowest BCUT2D eigenvalue weighted by Crippen LogP contribution is -2.30. The first-order valence-electron chi connectivity index (χ1n) is 29.1. The van der Waals surface area contributed by atoms with Crippen LogP contribution in [0.4, 0.5) is 0 Å². The molecule has 1 atom stereocenters. The van der Waals surface area contributed by atoms with Crippen LogP contribution >= 0.6 is 0 Å². The molecular weight excluding hydrogens is 913 g/mol. The second-order valence-corrected chi connectivity index (χ2v) is 18.4. The molecule has 0 aromatic rings. The molecule has 412 valence electrons. The molecule has 0 saturated carbocycles. The van der Waals surface area contributed by atoms with E-state index in [1.54, 1.807) is 0 Å². The van der Waals surface area contributed by atoms with Gasteiger partial charge in [0.1, 0.15) is 13.2 Å². The predicted molar refractivity (Wildman–Crippen MR) is 320 cm³/mol. The standard InChI is InChI=1S/C68H104O6/c1-4-7-10-13-16-19-22-25-28-31-32-33-34-35-36-38-40-43-46-49-52-55-58-61-67(70)73-64-65(63-72-66(69)60-57-54-51-48-45-42-39-30-27-24-21-18-15-12-9-6-3)74-68(71)62-59-56-53-50-47-44-41-37-29-26-23-20-17-14-11-8-5-2/h7-8,10-11,16-17,19-21,24-26,28-30,32-33,35-36,39-41,43-44,49-50,52-53,65H,4-6,9,12-15,18,22-23,27,31,34,37-38,42,45-48,51,54-64H2,1-3H3/b10-7-,11-8-,19-16-,20-17-,24-21-,28-25-,29-26-,33-32-,36-35-,39-30-,43-40-,44-41-,52-49-,53-50-. The van der Waals surface area contributed by atoms with Gasteiger partial charge in [0.05, 0.1) is 0 Å². The summed E-state index contributed by atoms with van der Waals surface area (Å²) in [5.74, 6) is -1.08. The second kappa shape index (κ2) is 60.3. The number of rotatable bonds is 50. The minimum atomic E-state index is -0.847. The highest BCUT2D eigenvalue weighted by Gasteiger charge is 2.19. The molecule has 74 heavy (non-hydrogen) atoms. The Morgan fingerprint density at radius 3 is 0.878 bits per heavy atom. The number of carbonyl (C=O) groups is 3. The van der Waals surface area contributed by atoms with Crippen LogP contribution in [0.15, 0.2) is 170 Å². The zero-order valence-electron chi connectivity index (χ0n) is 47.0. The van der Waals surface area contributed by atoms with Gasteiger partial charge in [0.2, 0.25) is 0 Å². The van der Waals surface area contributed by atoms with Gasteiger partial charge in [0, 0.05) is 19.3 Å². The van der Waals surface area contributed by atoms with E-state index in [-0.39, 0.29) is 38.0 Å². The fourth-order valence-electron chi connectivity index (χ4n) is 7.14. The fourth-order valence-corrected chi connectivity index (χ4v) is 7.14. The van der Waals surface area contributed by atoms with Gasteiger partial charge < -0.3 is 14.2 Å². The molecule has 0 fully saturated rings. The zero-order chi connectivity index (χ0) is 53.6. The third-order valence-corrected chi connectivity index (χ3v) is 11.4. The number of esters is 3. The molecule has 0 aromatic heterocycles. The van der Waals surface area contributed by atoms with Crippen molar-refractivity contribution < 1.29 is 28.6 Å². The number of ether oxygens (including phenoxy) is 3. The van der Waals surface area contributed by atoms with E-state index in [4.69, 9.17) is 14.2 Å². The highest BCUT2D eigenvalue weighted by Crippen LogP contribution is 2.11. The quantitative estimate of drug-likeness (QED) is 0.0261. The maximum atomic E-state index is 12.8. The van der Waals surface area contributed by atoms with Gasteiger partial charge in [-0.2, -0.15) is 0 Å².